The summed E-state index contributed by atoms with van der Waals surface area (Å²) in [6.45, 7) is 9.80. The van der Waals surface area contributed by atoms with Crippen LogP contribution >= 0.6 is 0 Å². The van der Waals surface area contributed by atoms with Gasteiger partial charge in [-0.3, -0.25) is 0 Å². The van der Waals surface area contributed by atoms with E-state index in [0.29, 0.717) is 6.10 Å². The molecule has 0 aromatic rings. The Hall–Kier alpha value is -0.160. The second kappa shape index (κ2) is 20.7. The van der Waals surface area contributed by atoms with Gasteiger partial charge in [0.15, 0.2) is 0 Å². The first-order valence-electron chi connectivity index (χ1n) is 12.6. The van der Waals surface area contributed by atoms with Crippen LogP contribution in [0.15, 0.2) is 0 Å². The van der Waals surface area contributed by atoms with Crippen molar-refractivity contribution in [3.05, 3.63) is 0 Å². The Morgan fingerprint density at radius 3 is 1.47 bits per heavy atom. The first-order valence-corrected chi connectivity index (χ1v) is 12.6. The van der Waals surface area contributed by atoms with Crippen LogP contribution in [0.1, 0.15) is 97.8 Å². The van der Waals surface area contributed by atoms with E-state index in [-0.39, 0.29) is 7.43 Å². The highest BCUT2D eigenvalue weighted by Crippen LogP contribution is 2.28. The summed E-state index contributed by atoms with van der Waals surface area (Å²) >= 11 is 0. The van der Waals surface area contributed by atoms with Crippen LogP contribution in [0.4, 0.5) is 0 Å². The smallest absolute Gasteiger partial charge is 0.0571 e. The maximum absolute atomic E-state index is 5.19. The minimum atomic E-state index is 0. The molecule has 4 nitrogen and oxygen atoms in total. The van der Waals surface area contributed by atoms with Crippen LogP contribution < -0.4 is 0 Å². The van der Waals surface area contributed by atoms with E-state index < -0.39 is 0 Å². The van der Waals surface area contributed by atoms with Gasteiger partial charge in [-0.15, -0.1) is 0 Å². The first-order chi connectivity index (χ1) is 14.2. The van der Waals surface area contributed by atoms with E-state index in [0.717, 1.165) is 12.5 Å². The standard InChI is InChI=1S/C7H15N.C7H14O.C6H13N.C5H10O.CH4/c1-2-8-6-4-3-5-7-8;1-8-7-5-3-2-4-6-7;1-7-5-3-2-4-6-7;1-6-4-5-2-3-5;/h2-7H2,1H3;7H,2-6H2,1H3;2-6H2,1H3;5H,2-4H2,1H3;1H4. The fourth-order valence-electron chi connectivity index (χ4n) is 4.15. The van der Waals surface area contributed by atoms with Gasteiger partial charge in [0.05, 0.1) is 6.10 Å². The van der Waals surface area contributed by atoms with E-state index >= 15 is 0 Å². The Labute approximate surface area is 190 Å². The van der Waals surface area contributed by atoms with Crippen molar-refractivity contribution in [1.29, 1.82) is 0 Å². The largest absolute Gasteiger partial charge is 0.384 e. The van der Waals surface area contributed by atoms with E-state index in [1.165, 1.54) is 116 Å². The van der Waals surface area contributed by atoms with Crippen molar-refractivity contribution in [2.75, 3.05) is 60.6 Å². The first kappa shape index (κ1) is 29.8. The molecule has 4 fully saturated rings. The van der Waals surface area contributed by atoms with Crippen LogP contribution in [0.3, 0.4) is 0 Å². The topological polar surface area (TPSA) is 24.9 Å². The van der Waals surface area contributed by atoms with E-state index in [4.69, 9.17) is 9.47 Å². The highest BCUT2D eigenvalue weighted by molar-refractivity contribution is 4.71. The molecule has 2 aliphatic heterocycles. The van der Waals surface area contributed by atoms with E-state index in [2.05, 4.69) is 23.8 Å². The third kappa shape index (κ3) is 17.5. The van der Waals surface area contributed by atoms with Gasteiger partial charge in [0.25, 0.3) is 0 Å². The van der Waals surface area contributed by atoms with Crippen LogP contribution in [0.5, 0.6) is 0 Å². The van der Waals surface area contributed by atoms with Crippen molar-refractivity contribution >= 4 is 0 Å². The molecule has 30 heavy (non-hydrogen) atoms. The molecule has 0 amide bonds. The summed E-state index contributed by atoms with van der Waals surface area (Å²) in [6.07, 6.45) is 18.7. The van der Waals surface area contributed by atoms with Gasteiger partial charge >= 0.3 is 0 Å². The van der Waals surface area contributed by atoms with Gasteiger partial charge in [-0.2, -0.15) is 0 Å². The number of methoxy groups -OCH3 is 2. The van der Waals surface area contributed by atoms with Crippen molar-refractivity contribution in [1.82, 2.24) is 9.80 Å². The molecule has 0 N–H and O–H groups in total. The third-order valence-electron chi connectivity index (χ3n) is 6.46. The van der Waals surface area contributed by atoms with Gasteiger partial charge in [0, 0.05) is 20.8 Å². The highest BCUT2D eigenvalue weighted by atomic mass is 16.5. The molecule has 2 aliphatic carbocycles. The second-order valence-corrected chi connectivity index (χ2v) is 9.25. The molecule has 0 bridgehead atoms. The molecule has 0 atom stereocenters. The average Bonchev–Trinajstić information content (AvgIpc) is 3.61. The van der Waals surface area contributed by atoms with Crippen LogP contribution in [-0.2, 0) is 9.47 Å². The monoisotopic (exact) mass is 428 g/mol. The highest BCUT2D eigenvalue weighted by Gasteiger charge is 2.20. The Balaban J connectivity index is 0.000000372. The molecule has 0 aromatic heterocycles. The van der Waals surface area contributed by atoms with Gasteiger partial charge in [0.2, 0.25) is 0 Å². The number of likely N-dealkylation sites (tertiary alicyclic amines) is 2. The number of ether oxygens (including phenoxy) is 2. The number of hydrogen-bond acceptors (Lipinski definition) is 4. The fourth-order valence-corrected chi connectivity index (χ4v) is 4.15. The van der Waals surface area contributed by atoms with Crippen molar-refractivity contribution in [3.8, 4) is 0 Å². The van der Waals surface area contributed by atoms with Crippen LogP contribution in [0, 0.1) is 5.92 Å². The van der Waals surface area contributed by atoms with E-state index in [1.54, 1.807) is 7.11 Å². The van der Waals surface area contributed by atoms with Crippen molar-refractivity contribution in [2.45, 2.75) is 104 Å². The molecule has 0 spiro atoms. The molecule has 182 valence electrons. The second-order valence-electron chi connectivity index (χ2n) is 9.25. The fraction of sp³-hybridized carbons (Fsp3) is 1.00. The normalized spacial score (nSPS) is 22.8. The van der Waals surface area contributed by atoms with Gasteiger partial charge in [-0.1, -0.05) is 46.5 Å². The zero-order valence-electron chi connectivity index (χ0n) is 20.3. The third-order valence-corrected chi connectivity index (χ3v) is 6.46. The lowest BCUT2D eigenvalue weighted by Crippen LogP contribution is -2.29. The van der Waals surface area contributed by atoms with E-state index in [1.807, 2.05) is 7.11 Å². The Kier molecular flexibility index (Phi) is 20.6. The zero-order valence-corrected chi connectivity index (χ0v) is 20.3. The Morgan fingerprint density at radius 1 is 0.700 bits per heavy atom. The Morgan fingerprint density at radius 2 is 1.20 bits per heavy atom. The van der Waals surface area contributed by atoms with Crippen LogP contribution in [-0.4, -0.2) is 76.5 Å². The molecule has 0 aromatic carbocycles. The van der Waals surface area contributed by atoms with Gasteiger partial charge in [-0.05, 0) is 97.1 Å². The molecule has 0 radical (unpaired) electrons. The maximum Gasteiger partial charge on any atom is 0.0571 e. The number of hydrogen-bond donors (Lipinski definition) is 0. The minimum Gasteiger partial charge on any atom is -0.384 e. The molecule has 4 heteroatoms. The number of rotatable bonds is 4. The average molecular weight is 429 g/mol. The molecule has 4 aliphatic rings. The molecule has 4 rings (SSSR count). The summed E-state index contributed by atoms with van der Waals surface area (Å²) in [6, 6.07) is 0. The van der Waals surface area contributed by atoms with Gasteiger partial charge < -0.3 is 19.3 Å². The molecule has 2 saturated carbocycles. The number of piperidine rings is 2. The molecule has 2 saturated heterocycles. The minimum absolute atomic E-state index is 0. The van der Waals surface area contributed by atoms with Gasteiger partial charge in [-0.25, -0.2) is 0 Å². The summed E-state index contributed by atoms with van der Waals surface area (Å²) in [4.78, 5) is 4.91. The Bertz CT molecular complexity index is 314. The quantitative estimate of drug-likeness (QED) is 0.529. The van der Waals surface area contributed by atoms with Gasteiger partial charge in [0.1, 0.15) is 0 Å². The predicted molar refractivity (Wildman–Crippen MR) is 133 cm³/mol. The summed E-state index contributed by atoms with van der Waals surface area (Å²) < 4.78 is 10.1. The SMILES string of the molecule is C.CCN1CCCCC1.CN1CCCCC1.COC1CCCCC1.COCC1CC1. The lowest BCUT2D eigenvalue weighted by atomic mass is 9.98. The summed E-state index contributed by atoms with van der Waals surface area (Å²) in [5.41, 5.74) is 0. The summed E-state index contributed by atoms with van der Waals surface area (Å²) in [5.74, 6) is 0.926. The predicted octanol–water partition coefficient (Wildman–Crippen LogP) is 6.24. The maximum atomic E-state index is 5.19. The van der Waals surface area contributed by atoms with E-state index in [9.17, 15) is 0 Å². The van der Waals surface area contributed by atoms with Crippen LogP contribution in [0.25, 0.3) is 0 Å². The molecular formula is C26H56N2O2. The van der Waals surface area contributed by atoms with Crippen molar-refractivity contribution < 1.29 is 9.47 Å². The lowest BCUT2D eigenvalue weighted by Gasteiger charge is -2.24. The molecule has 0 unspecified atom stereocenters. The van der Waals surface area contributed by atoms with Crippen molar-refractivity contribution in [3.63, 3.8) is 0 Å². The number of nitrogens with zero attached hydrogens (tertiary/aromatic N) is 2. The van der Waals surface area contributed by atoms with Crippen molar-refractivity contribution in [2.24, 2.45) is 5.92 Å². The van der Waals surface area contributed by atoms with Crippen LogP contribution in [0.2, 0.25) is 0 Å². The summed E-state index contributed by atoms with van der Waals surface area (Å²) in [5, 5.41) is 0. The molecular weight excluding hydrogens is 372 g/mol. The summed E-state index contributed by atoms with van der Waals surface area (Å²) in [7, 11) is 5.77. The lowest BCUT2D eigenvalue weighted by molar-refractivity contribution is 0.0710. The zero-order chi connectivity index (χ0) is 21.2. The molecule has 2 heterocycles.